The Balaban J connectivity index is 1.35. The van der Waals surface area contributed by atoms with Crippen LogP contribution in [0.4, 0.5) is 5.69 Å². The number of hydrogen-bond donors (Lipinski definition) is 2. The fraction of sp³-hybridized carbons (Fsp3) is 0.714. The van der Waals surface area contributed by atoms with Crippen LogP contribution in [-0.4, -0.2) is 55.4 Å². The average Bonchev–Trinajstić information content (AvgIpc) is 2.64. The quantitative estimate of drug-likeness (QED) is 0.797. The van der Waals surface area contributed by atoms with E-state index >= 15 is 0 Å². The number of anilines is 1. The Hall–Kier alpha value is -1.10. The summed E-state index contributed by atoms with van der Waals surface area (Å²) in [6, 6.07) is 9.14. The molecule has 0 aliphatic carbocycles. The van der Waals surface area contributed by atoms with E-state index in [1.807, 2.05) is 6.92 Å². The zero-order valence-corrected chi connectivity index (χ0v) is 15.8. The molecule has 140 valence electrons. The van der Waals surface area contributed by atoms with Gasteiger partial charge in [-0.15, -0.1) is 0 Å². The first kappa shape index (κ1) is 18.7. The maximum absolute atomic E-state index is 9.48. The number of piperidine rings is 2. The molecule has 0 aromatic heterocycles. The third kappa shape index (κ3) is 5.98. The van der Waals surface area contributed by atoms with Gasteiger partial charge in [-0.2, -0.15) is 0 Å². The van der Waals surface area contributed by atoms with Crippen molar-refractivity contribution in [3.05, 3.63) is 29.8 Å². The van der Waals surface area contributed by atoms with Gasteiger partial charge in [-0.05, 0) is 82.3 Å². The second kappa shape index (κ2) is 9.56. The number of aliphatic hydroxyl groups excluding tert-OH is 1. The molecule has 1 aromatic rings. The Morgan fingerprint density at radius 2 is 1.72 bits per heavy atom. The van der Waals surface area contributed by atoms with E-state index in [0.717, 1.165) is 38.6 Å². The zero-order chi connectivity index (χ0) is 17.5. The summed E-state index contributed by atoms with van der Waals surface area (Å²) < 4.78 is 0. The second-order valence-corrected chi connectivity index (χ2v) is 7.94. The van der Waals surface area contributed by atoms with Crippen molar-refractivity contribution in [1.29, 1.82) is 0 Å². The SMILES string of the molecule is C[C@H](O)CN1CCC(CNCc2ccc(N3CCCCC3)cc2)CC1. The van der Waals surface area contributed by atoms with E-state index in [0.29, 0.717) is 0 Å². The molecule has 0 spiro atoms. The van der Waals surface area contributed by atoms with Gasteiger partial charge in [0.25, 0.3) is 0 Å². The summed E-state index contributed by atoms with van der Waals surface area (Å²) in [6.07, 6.45) is 6.33. The van der Waals surface area contributed by atoms with Crippen molar-refractivity contribution < 1.29 is 5.11 Å². The van der Waals surface area contributed by atoms with Crippen molar-refractivity contribution in [2.45, 2.75) is 51.7 Å². The van der Waals surface area contributed by atoms with Crippen LogP contribution < -0.4 is 10.2 Å². The van der Waals surface area contributed by atoms with Crippen molar-refractivity contribution in [3.8, 4) is 0 Å². The lowest BCUT2D eigenvalue weighted by Gasteiger charge is -2.32. The third-order valence-electron chi connectivity index (χ3n) is 5.65. The number of likely N-dealkylation sites (tertiary alicyclic amines) is 1. The van der Waals surface area contributed by atoms with E-state index in [2.05, 4.69) is 39.4 Å². The standard InChI is InChI=1S/C21H35N3O/c1-18(25)17-23-13-9-20(10-14-23)16-22-15-19-5-7-21(8-6-19)24-11-3-2-4-12-24/h5-8,18,20,22,25H,2-4,9-17H2,1H3/t18-/m0/s1. The van der Waals surface area contributed by atoms with E-state index in [4.69, 9.17) is 0 Å². The van der Waals surface area contributed by atoms with Crippen LogP contribution in [0.2, 0.25) is 0 Å². The van der Waals surface area contributed by atoms with E-state index in [1.165, 1.54) is 56.4 Å². The largest absolute Gasteiger partial charge is 0.392 e. The van der Waals surface area contributed by atoms with Crippen molar-refractivity contribution >= 4 is 5.69 Å². The average molecular weight is 346 g/mol. The van der Waals surface area contributed by atoms with Gasteiger partial charge in [-0.25, -0.2) is 0 Å². The van der Waals surface area contributed by atoms with Gasteiger partial charge >= 0.3 is 0 Å². The number of benzene rings is 1. The number of β-amino-alcohol motifs (C(OH)–C–C–N with tert-alkyl or cyclic N) is 1. The van der Waals surface area contributed by atoms with Gasteiger partial charge in [0.2, 0.25) is 0 Å². The molecule has 1 atom stereocenters. The maximum Gasteiger partial charge on any atom is 0.0639 e. The monoisotopic (exact) mass is 345 g/mol. The van der Waals surface area contributed by atoms with Crippen LogP contribution in [-0.2, 0) is 6.54 Å². The molecular weight excluding hydrogens is 310 g/mol. The number of aliphatic hydroxyl groups is 1. The van der Waals surface area contributed by atoms with Crippen LogP contribution in [0.1, 0.15) is 44.6 Å². The van der Waals surface area contributed by atoms with E-state index in [1.54, 1.807) is 0 Å². The molecule has 2 fully saturated rings. The van der Waals surface area contributed by atoms with Crippen LogP contribution in [0.5, 0.6) is 0 Å². The Labute approximate surface area is 153 Å². The van der Waals surface area contributed by atoms with Crippen LogP contribution in [0.15, 0.2) is 24.3 Å². The van der Waals surface area contributed by atoms with Crippen LogP contribution >= 0.6 is 0 Å². The van der Waals surface area contributed by atoms with Crippen molar-refractivity contribution in [2.24, 2.45) is 5.92 Å². The normalized spacial score (nSPS) is 21.4. The number of hydrogen-bond acceptors (Lipinski definition) is 4. The van der Waals surface area contributed by atoms with Gasteiger partial charge in [-0.1, -0.05) is 12.1 Å². The Morgan fingerprint density at radius 1 is 1.04 bits per heavy atom. The fourth-order valence-corrected chi connectivity index (χ4v) is 4.14. The molecule has 0 saturated carbocycles. The molecule has 2 heterocycles. The molecule has 0 amide bonds. The predicted octanol–water partition coefficient (Wildman–Crippen LogP) is 2.86. The molecule has 0 radical (unpaired) electrons. The van der Waals surface area contributed by atoms with Gasteiger partial charge < -0.3 is 20.2 Å². The highest BCUT2D eigenvalue weighted by molar-refractivity contribution is 5.47. The highest BCUT2D eigenvalue weighted by Crippen LogP contribution is 2.20. The molecule has 2 N–H and O–H groups in total. The zero-order valence-electron chi connectivity index (χ0n) is 15.8. The number of rotatable bonds is 7. The number of nitrogens with one attached hydrogen (secondary N) is 1. The molecule has 2 aliphatic heterocycles. The van der Waals surface area contributed by atoms with Gasteiger partial charge in [0.1, 0.15) is 0 Å². The lowest BCUT2D eigenvalue weighted by molar-refractivity contribution is 0.0998. The minimum absolute atomic E-state index is 0.206. The Morgan fingerprint density at radius 3 is 2.36 bits per heavy atom. The Bertz CT molecular complexity index is 488. The fourth-order valence-electron chi connectivity index (χ4n) is 4.14. The van der Waals surface area contributed by atoms with Crippen LogP contribution in [0.25, 0.3) is 0 Å². The topological polar surface area (TPSA) is 38.7 Å². The Kier molecular flexibility index (Phi) is 7.14. The minimum atomic E-state index is -0.206. The number of nitrogens with zero attached hydrogens (tertiary/aromatic N) is 2. The predicted molar refractivity (Wildman–Crippen MR) is 105 cm³/mol. The highest BCUT2D eigenvalue weighted by Gasteiger charge is 2.19. The first-order valence-corrected chi connectivity index (χ1v) is 10.2. The molecule has 25 heavy (non-hydrogen) atoms. The molecule has 1 aromatic carbocycles. The first-order valence-electron chi connectivity index (χ1n) is 10.2. The van der Waals surface area contributed by atoms with Gasteiger partial charge in [-0.3, -0.25) is 0 Å². The molecule has 4 nitrogen and oxygen atoms in total. The summed E-state index contributed by atoms with van der Waals surface area (Å²) >= 11 is 0. The van der Waals surface area contributed by atoms with Crippen molar-refractivity contribution in [2.75, 3.05) is 44.2 Å². The summed E-state index contributed by atoms with van der Waals surface area (Å²) in [4.78, 5) is 4.90. The summed E-state index contributed by atoms with van der Waals surface area (Å²) in [5.74, 6) is 0.776. The molecule has 2 saturated heterocycles. The third-order valence-corrected chi connectivity index (χ3v) is 5.65. The summed E-state index contributed by atoms with van der Waals surface area (Å²) in [5, 5.41) is 13.1. The molecule has 0 unspecified atom stereocenters. The van der Waals surface area contributed by atoms with Crippen molar-refractivity contribution in [3.63, 3.8) is 0 Å². The second-order valence-electron chi connectivity index (χ2n) is 7.94. The lowest BCUT2D eigenvalue weighted by atomic mass is 9.96. The maximum atomic E-state index is 9.48. The van der Waals surface area contributed by atoms with E-state index < -0.39 is 0 Å². The van der Waals surface area contributed by atoms with Gasteiger partial charge in [0.05, 0.1) is 6.10 Å². The summed E-state index contributed by atoms with van der Waals surface area (Å²) in [7, 11) is 0. The van der Waals surface area contributed by atoms with Crippen LogP contribution in [0.3, 0.4) is 0 Å². The van der Waals surface area contributed by atoms with Crippen LogP contribution in [0, 0.1) is 5.92 Å². The van der Waals surface area contributed by atoms with E-state index in [-0.39, 0.29) is 6.10 Å². The smallest absolute Gasteiger partial charge is 0.0639 e. The lowest BCUT2D eigenvalue weighted by Crippen LogP contribution is -2.40. The highest BCUT2D eigenvalue weighted by atomic mass is 16.3. The minimum Gasteiger partial charge on any atom is -0.392 e. The van der Waals surface area contributed by atoms with Gasteiger partial charge in [0, 0.05) is 31.9 Å². The molecule has 0 bridgehead atoms. The molecular formula is C21H35N3O. The molecule has 4 heteroatoms. The van der Waals surface area contributed by atoms with Gasteiger partial charge in [0.15, 0.2) is 0 Å². The molecule has 3 rings (SSSR count). The van der Waals surface area contributed by atoms with E-state index in [9.17, 15) is 5.11 Å². The molecule has 2 aliphatic rings. The summed E-state index contributed by atoms with van der Waals surface area (Å²) in [6.45, 7) is 9.46. The van der Waals surface area contributed by atoms with Crippen molar-refractivity contribution in [1.82, 2.24) is 10.2 Å². The first-order chi connectivity index (χ1) is 12.2. The summed E-state index contributed by atoms with van der Waals surface area (Å²) in [5.41, 5.74) is 2.77.